The van der Waals surface area contributed by atoms with Gasteiger partial charge >= 0.3 is 30.5 Å². The number of halogens is 9. The van der Waals surface area contributed by atoms with Crippen LogP contribution < -0.4 is 0 Å². The smallest absolute Gasteiger partial charge is 0.490 e. The van der Waals surface area contributed by atoms with Gasteiger partial charge in [0.1, 0.15) is 11.4 Å². The van der Waals surface area contributed by atoms with Gasteiger partial charge in [0, 0.05) is 26.2 Å². The average molecular weight is 616 g/mol. The second-order valence-electron chi connectivity index (χ2n) is 9.44. The molecular formula is C23H29F9N2O7. The predicted molar refractivity (Wildman–Crippen MR) is 122 cm³/mol. The van der Waals surface area contributed by atoms with Crippen LogP contribution in [0.25, 0.3) is 0 Å². The summed E-state index contributed by atoms with van der Waals surface area (Å²) >= 11 is 0. The lowest BCUT2D eigenvalue weighted by atomic mass is 9.99. The highest BCUT2D eigenvalue weighted by atomic mass is 19.4. The molecule has 2 aliphatic heterocycles. The van der Waals surface area contributed by atoms with Crippen LogP contribution in [0, 0.1) is 0 Å². The Morgan fingerprint density at radius 1 is 1.02 bits per heavy atom. The van der Waals surface area contributed by atoms with Gasteiger partial charge in [-0.15, -0.1) is 0 Å². The number of hydrogen-bond donors (Lipinski definition) is 3. The van der Waals surface area contributed by atoms with Crippen molar-refractivity contribution >= 4 is 11.9 Å². The summed E-state index contributed by atoms with van der Waals surface area (Å²) in [4.78, 5) is 22.0. The second kappa shape index (κ2) is 14.4. The summed E-state index contributed by atoms with van der Waals surface area (Å²) < 4.78 is 115. The van der Waals surface area contributed by atoms with Crippen LogP contribution in [0.4, 0.5) is 39.5 Å². The number of alkyl halides is 9. The van der Waals surface area contributed by atoms with Gasteiger partial charge in [-0.3, -0.25) is 4.90 Å². The maximum atomic E-state index is 13.0. The summed E-state index contributed by atoms with van der Waals surface area (Å²) in [6.07, 6.45) is -12.8. The van der Waals surface area contributed by atoms with E-state index in [1.165, 1.54) is 6.07 Å². The first-order valence-electron chi connectivity index (χ1n) is 11.7. The molecule has 3 N–H and O–H groups in total. The van der Waals surface area contributed by atoms with Gasteiger partial charge in [-0.2, -0.15) is 39.5 Å². The first-order chi connectivity index (χ1) is 18.6. The molecule has 2 atom stereocenters. The maximum absolute atomic E-state index is 13.0. The first kappa shape index (κ1) is 36.2. The van der Waals surface area contributed by atoms with Crippen LogP contribution >= 0.6 is 0 Å². The number of benzene rings is 1. The molecule has 18 heteroatoms. The van der Waals surface area contributed by atoms with E-state index in [1.807, 2.05) is 14.1 Å². The molecule has 0 bridgehead atoms. The molecular weight excluding hydrogens is 587 g/mol. The van der Waals surface area contributed by atoms with Crippen molar-refractivity contribution in [3.05, 3.63) is 29.3 Å². The number of carboxylic acids is 2. The van der Waals surface area contributed by atoms with E-state index in [-0.39, 0.29) is 6.10 Å². The highest BCUT2D eigenvalue weighted by Crippen LogP contribution is 2.37. The van der Waals surface area contributed by atoms with Crippen molar-refractivity contribution < 1.29 is 73.9 Å². The van der Waals surface area contributed by atoms with Crippen molar-refractivity contribution in [2.24, 2.45) is 0 Å². The van der Waals surface area contributed by atoms with Gasteiger partial charge in [-0.25, -0.2) is 9.59 Å². The average Bonchev–Trinajstić information content (AvgIpc) is 3.06. The number of phenolic OH excluding ortho intramolecular Hbond substituents is 1. The molecule has 0 radical (unpaired) electrons. The normalized spacial score (nSPS) is 21.9. The number of carbonyl (C=O) groups is 2. The number of carboxylic acid groups (broad SMARTS) is 2. The molecule has 2 aliphatic rings. The van der Waals surface area contributed by atoms with Crippen molar-refractivity contribution in [1.29, 1.82) is 0 Å². The zero-order valence-corrected chi connectivity index (χ0v) is 21.7. The van der Waals surface area contributed by atoms with Crippen molar-refractivity contribution in [3.8, 4) is 5.75 Å². The van der Waals surface area contributed by atoms with Crippen LogP contribution in [0.2, 0.25) is 0 Å². The molecule has 2 saturated heterocycles. The molecule has 1 aromatic rings. The third kappa shape index (κ3) is 12.7. The fourth-order valence-electron chi connectivity index (χ4n) is 3.94. The second-order valence-corrected chi connectivity index (χ2v) is 9.44. The minimum Gasteiger partial charge on any atom is -0.507 e. The van der Waals surface area contributed by atoms with Gasteiger partial charge in [0.25, 0.3) is 0 Å². The van der Waals surface area contributed by atoms with Crippen LogP contribution in [-0.4, -0.2) is 108 Å². The molecule has 2 fully saturated rings. The topological polar surface area (TPSA) is 120 Å². The quantitative estimate of drug-likeness (QED) is 0.432. The number of hydrogen-bond acceptors (Lipinski definition) is 7. The fourth-order valence-corrected chi connectivity index (χ4v) is 3.94. The van der Waals surface area contributed by atoms with E-state index in [2.05, 4.69) is 9.80 Å². The van der Waals surface area contributed by atoms with Gasteiger partial charge in [-0.05, 0) is 44.6 Å². The molecule has 2 heterocycles. The number of phenols is 1. The lowest BCUT2D eigenvalue weighted by molar-refractivity contribution is -0.193. The van der Waals surface area contributed by atoms with E-state index >= 15 is 0 Å². The zero-order chi connectivity index (χ0) is 31.8. The lowest BCUT2D eigenvalue weighted by Crippen LogP contribution is -2.45. The minimum absolute atomic E-state index is 0.147. The molecule has 1 spiro atoms. The van der Waals surface area contributed by atoms with Crippen LogP contribution in [0.1, 0.15) is 24.0 Å². The third-order valence-corrected chi connectivity index (χ3v) is 5.59. The number of ether oxygens (including phenoxy) is 2. The Kier molecular flexibility index (Phi) is 12.7. The van der Waals surface area contributed by atoms with Crippen LogP contribution in [0.3, 0.4) is 0 Å². The van der Waals surface area contributed by atoms with Crippen LogP contribution in [-0.2, 0) is 31.8 Å². The summed E-state index contributed by atoms with van der Waals surface area (Å²) in [5, 5.41) is 23.8. The van der Waals surface area contributed by atoms with Gasteiger partial charge < -0.3 is 29.7 Å². The molecule has 0 aliphatic carbocycles. The Balaban J connectivity index is 0.000000497. The largest absolute Gasteiger partial charge is 0.507 e. The van der Waals surface area contributed by atoms with Crippen molar-refractivity contribution in [1.82, 2.24) is 9.80 Å². The van der Waals surface area contributed by atoms with Crippen molar-refractivity contribution in [2.45, 2.75) is 49.6 Å². The lowest BCUT2D eigenvalue weighted by Gasteiger charge is -2.32. The van der Waals surface area contributed by atoms with Gasteiger partial charge in [0.15, 0.2) is 0 Å². The number of rotatable bonds is 4. The van der Waals surface area contributed by atoms with E-state index in [9.17, 15) is 44.6 Å². The molecule has 0 unspecified atom stereocenters. The summed E-state index contributed by atoms with van der Waals surface area (Å²) in [6, 6.07) is 3.67. The summed E-state index contributed by atoms with van der Waals surface area (Å²) in [5.41, 5.74) is -0.884. The molecule has 41 heavy (non-hydrogen) atoms. The Hall–Kier alpha value is -2.83. The standard InChI is InChI=1S/C19H27F3N2O3.2C2HF3O2/c1-23(2)11-15-5-6-18(27-15)12-24(7-8-26-13-18)10-14-3-4-17(25)16(9-14)19(20,21)22;2*3-2(4,5)1(6)7/h3-4,9,15,25H,5-8,10-13H2,1-2H3;2*(H,6,7)/t15-,18+;;/m1../s1. The number of nitrogens with zero attached hydrogens (tertiary/aromatic N) is 2. The van der Waals surface area contributed by atoms with Gasteiger partial charge in [0.2, 0.25) is 0 Å². The molecule has 0 amide bonds. The molecule has 0 saturated carbocycles. The monoisotopic (exact) mass is 616 g/mol. The highest BCUT2D eigenvalue weighted by molar-refractivity contribution is 5.73. The summed E-state index contributed by atoms with van der Waals surface area (Å²) in [6.45, 7) is 3.49. The number of aliphatic carboxylic acids is 2. The molecule has 0 aromatic heterocycles. The highest BCUT2D eigenvalue weighted by Gasteiger charge is 2.43. The Morgan fingerprint density at radius 2 is 1.56 bits per heavy atom. The Bertz CT molecular complexity index is 993. The Labute approximate surface area is 228 Å². The molecule has 9 nitrogen and oxygen atoms in total. The predicted octanol–water partition coefficient (Wildman–Crippen LogP) is 3.99. The van der Waals surface area contributed by atoms with E-state index in [0.717, 1.165) is 31.5 Å². The first-order valence-corrected chi connectivity index (χ1v) is 11.7. The maximum Gasteiger partial charge on any atom is 0.490 e. The Morgan fingerprint density at radius 3 is 2.02 bits per heavy atom. The van der Waals surface area contributed by atoms with Gasteiger partial charge in [0.05, 0.1) is 24.9 Å². The summed E-state index contributed by atoms with van der Waals surface area (Å²) in [7, 11) is 4.01. The fraction of sp³-hybridized carbons (Fsp3) is 0.652. The van der Waals surface area contributed by atoms with Crippen LogP contribution in [0.5, 0.6) is 5.75 Å². The van der Waals surface area contributed by atoms with Gasteiger partial charge in [-0.1, -0.05) is 6.07 Å². The van der Waals surface area contributed by atoms with Crippen LogP contribution in [0.15, 0.2) is 18.2 Å². The SMILES string of the molecule is CN(C)C[C@H]1CC[C@]2(COCCN(Cc3ccc(O)c(C(F)(F)F)c3)C2)O1.O=C(O)C(F)(F)F.O=C(O)C(F)(F)F. The summed E-state index contributed by atoms with van der Waals surface area (Å²) in [5.74, 6) is -6.26. The zero-order valence-electron chi connectivity index (χ0n) is 21.7. The number of aromatic hydroxyl groups is 1. The molecule has 236 valence electrons. The van der Waals surface area contributed by atoms with E-state index in [1.54, 1.807) is 0 Å². The van der Waals surface area contributed by atoms with Crippen molar-refractivity contribution in [2.75, 3.05) is 46.9 Å². The van der Waals surface area contributed by atoms with E-state index in [4.69, 9.17) is 29.3 Å². The van der Waals surface area contributed by atoms with Crippen molar-refractivity contribution in [3.63, 3.8) is 0 Å². The van der Waals surface area contributed by atoms with E-state index < -0.39 is 47.4 Å². The molecule has 1 aromatic carbocycles. The number of likely N-dealkylation sites (N-methyl/N-ethyl adjacent to an activating group) is 1. The third-order valence-electron chi connectivity index (χ3n) is 5.59. The minimum atomic E-state index is -5.08. The van der Waals surface area contributed by atoms with E-state index in [0.29, 0.717) is 38.4 Å². The molecule has 3 rings (SSSR count).